The van der Waals surface area contributed by atoms with E-state index in [9.17, 15) is 17.4 Å². The number of aromatic nitrogens is 1. The standard InChI is InChI=1S/C13H15F3N4OS2/c1-9(10-3-4-11(18-7-10)13(14,15)16)23(2,21)19-12(22)20-6-5-17-8-20/h3-7,9,17H,8H2,1-2H3. The molecule has 1 N–H and O–H groups in total. The molecule has 0 saturated heterocycles. The van der Waals surface area contributed by atoms with Crippen molar-refractivity contribution in [2.45, 2.75) is 18.3 Å². The molecule has 1 aliphatic heterocycles. The van der Waals surface area contributed by atoms with Crippen LogP contribution < -0.4 is 5.32 Å². The highest BCUT2D eigenvalue weighted by atomic mass is 32.2. The van der Waals surface area contributed by atoms with Crippen LogP contribution in [-0.2, 0) is 15.9 Å². The molecule has 0 aromatic carbocycles. The van der Waals surface area contributed by atoms with Gasteiger partial charge in [0.1, 0.15) is 5.69 Å². The van der Waals surface area contributed by atoms with Crippen molar-refractivity contribution >= 4 is 27.1 Å². The van der Waals surface area contributed by atoms with Gasteiger partial charge in [-0.3, -0.25) is 4.98 Å². The lowest BCUT2D eigenvalue weighted by Gasteiger charge is -2.17. The Morgan fingerprint density at radius 2 is 2.22 bits per heavy atom. The number of hydrogen-bond acceptors (Lipinski definition) is 4. The van der Waals surface area contributed by atoms with Crippen LogP contribution in [0.15, 0.2) is 35.1 Å². The molecule has 1 aromatic heterocycles. The maximum Gasteiger partial charge on any atom is 0.433 e. The number of halogens is 3. The average Bonchev–Trinajstić information content (AvgIpc) is 2.99. The molecule has 10 heteroatoms. The van der Waals surface area contributed by atoms with E-state index in [0.717, 1.165) is 12.3 Å². The fraction of sp³-hybridized carbons (Fsp3) is 0.385. The minimum Gasteiger partial charge on any atom is -0.372 e. The van der Waals surface area contributed by atoms with E-state index >= 15 is 0 Å². The highest BCUT2D eigenvalue weighted by molar-refractivity contribution is 7.94. The fourth-order valence-electron chi connectivity index (χ4n) is 1.83. The van der Waals surface area contributed by atoms with Crippen LogP contribution in [0, 0.1) is 0 Å². The van der Waals surface area contributed by atoms with Crippen molar-refractivity contribution in [1.82, 2.24) is 15.2 Å². The average molecular weight is 364 g/mol. The third-order valence-electron chi connectivity index (χ3n) is 3.34. The van der Waals surface area contributed by atoms with Crippen LogP contribution in [0.5, 0.6) is 0 Å². The second-order valence-electron chi connectivity index (χ2n) is 5.00. The second-order valence-corrected chi connectivity index (χ2v) is 7.98. The van der Waals surface area contributed by atoms with Gasteiger partial charge in [-0.25, -0.2) is 4.21 Å². The maximum absolute atomic E-state index is 12.8. The van der Waals surface area contributed by atoms with Gasteiger partial charge in [0.2, 0.25) is 5.11 Å². The first-order chi connectivity index (χ1) is 10.6. The van der Waals surface area contributed by atoms with Crippen molar-refractivity contribution in [3.63, 3.8) is 0 Å². The lowest BCUT2D eigenvalue weighted by Crippen LogP contribution is -2.26. The van der Waals surface area contributed by atoms with Gasteiger partial charge >= 0.3 is 6.18 Å². The van der Waals surface area contributed by atoms with Crippen molar-refractivity contribution < 1.29 is 17.4 Å². The van der Waals surface area contributed by atoms with Gasteiger partial charge in [-0.1, -0.05) is 6.07 Å². The van der Waals surface area contributed by atoms with E-state index in [0.29, 0.717) is 12.2 Å². The number of thiocarbonyl (C=S) groups is 1. The summed E-state index contributed by atoms with van der Waals surface area (Å²) in [6.07, 6.45) is 1.35. The summed E-state index contributed by atoms with van der Waals surface area (Å²) in [4.78, 5) is 4.99. The Morgan fingerprint density at radius 1 is 1.52 bits per heavy atom. The molecule has 23 heavy (non-hydrogen) atoms. The Kier molecular flexibility index (Phi) is 4.95. The van der Waals surface area contributed by atoms with Crippen molar-refractivity contribution in [2.75, 3.05) is 12.9 Å². The highest BCUT2D eigenvalue weighted by Gasteiger charge is 2.32. The third kappa shape index (κ3) is 4.20. The van der Waals surface area contributed by atoms with Gasteiger partial charge in [-0.15, -0.1) is 0 Å². The minimum absolute atomic E-state index is 0.158. The zero-order valence-corrected chi connectivity index (χ0v) is 14.0. The maximum atomic E-state index is 12.8. The molecule has 1 aliphatic rings. The molecule has 126 valence electrons. The molecule has 0 aliphatic carbocycles. The van der Waals surface area contributed by atoms with Crippen LogP contribution in [0.25, 0.3) is 0 Å². The van der Waals surface area contributed by atoms with Gasteiger partial charge in [0, 0.05) is 24.9 Å². The summed E-state index contributed by atoms with van der Waals surface area (Å²) in [5.74, 6) is 0. The van der Waals surface area contributed by atoms with Gasteiger partial charge in [-0.2, -0.15) is 17.5 Å². The van der Waals surface area contributed by atoms with Crippen molar-refractivity contribution in [3.8, 4) is 0 Å². The number of hydrogen-bond donors (Lipinski definition) is 1. The first-order valence-corrected chi connectivity index (χ1v) is 8.95. The predicted octanol–water partition coefficient (Wildman–Crippen LogP) is 2.88. The first kappa shape index (κ1) is 17.7. The molecule has 2 rings (SSSR count). The number of alkyl halides is 3. The largest absolute Gasteiger partial charge is 0.433 e. The Morgan fingerprint density at radius 3 is 2.70 bits per heavy atom. The summed E-state index contributed by atoms with van der Waals surface area (Å²) in [6, 6.07) is 2.13. The normalized spacial score (nSPS) is 18.2. The summed E-state index contributed by atoms with van der Waals surface area (Å²) in [6.45, 7) is 2.06. The molecule has 2 unspecified atom stereocenters. The molecule has 0 amide bonds. The molecular weight excluding hydrogens is 349 g/mol. The van der Waals surface area contributed by atoms with Crippen LogP contribution in [-0.4, -0.2) is 32.1 Å². The molecular formula is C13H15F3N4OS2. The van der Waals surface area contributed by atoms with E-state index in [1.54, 1.807) is 24.2 Å². The molecule has 0 fully saturated rings. The second kappa shape index (κ2) is 6.44. The smallest absolute Gasteiger partial charge is 0.372 e. The van der Waals surface area contributed by atoms with Crippen molar-refractivity contribution in [3.05, 3.63) is 42.0 Å². The van der Waals surface area contributed by atoms with Crippen LogP contribution in [0.2, 0.25) is 0 Å². The SMILES string of the molecule is CC(c1ccc(C(F)(F)F)nc1)S(C)(=O)=NC(=S)N1C=CNC1. The molecule has 0 bridgehead atoms. The quantitative estimate of drug-likeness (QED) is 0.818. The van der Waals surface area contributed by atoms with E-state index < -0.39 is 26.8 Å². The molecule has 2 atom stereocenters. The number of rotatable bonds is 2. The van der Waals surface area contributed by atoms with Gasteiger partial charge in [0.25, 0.3) is 0 Å². The number of nitrogens with zero attached hydrogens (tertiary/aromatic N) is 3. The van der Waals surface area contributed by atoms with Crippen LogP contribution >= 0.6 is 12.2 Å². The third-order valence-corrected chi connectivity index (χ3v) is 5.90. The monoisotopic (exact) mass is 364 g/mol. The van der Waals surface area contributed by atoms with Gasteiger partial charge in [-0.05, 0) is 30.8 Å². The Balaban J connectivity index is 2.23. The summed E-state index contributed by atoms with van der Waals surface area (Å²) in [7, 11) is -2.79. The van der Waals surface area contributed by atoms with E-state index in [-0.39, 0.29) is 5.11 Å². The summed E-state index contributed by atoms with van der Waals surface area (Å²) in [5, 5.41) is 2.45. The molecule has 0 spiro atoms. The topological polar surface area (TPSA) is 57.6 Å². The molecule has 2 heterocycles. The fourth-order valence-corrected chi connectivity index (χ4v) is 3.62. The Labute approximate surface area is 137 Å². The summed E-state index contributed by atoms with van der Waals surface area (Å²) in [5.41, 5.74) is -0.580. The van der Waals surface area contributed by atoms with Crippen molar-refractivity contribution in [1.29, 1.82) is 0 Å². The molecule has 0 saturated carbocycles. The number of nitrogens with one attached hydrogen (secondary N) is 1. The van der Waals surface area contributed by atoms with Crippen molar-refractivity contribution in [2.24, 2.45) is 4.36 Å². The summed E-state index contributed by atoms with van der Waals surface area (Å²) >= 11 is 5.13. The molecule has 0 radical (unpaired) electrons. The van der Waals surface area contributed by atoms with Crippen LogP contribution in [0.4, 0.5) is 13.2 Å². The number of pyridine rings is 1. The van der Waals surface area contributed by atoms with Gasteiger partial charge in [0.05, 0.1) is 21.6 Å². The lowest BCUT2D eigenvalue weighted by molar-refractivity contribution is -0.141. The predicted molar refractivity (Wildman–Crippen MR) is 85.7 cm³/mol. The Bertz CT molecular complexity index is 737. The first-order valence-electron chi connectivity index (χ1n) is 6.56. The molecule has 5 nitrogen and oxygen atoms in total. The van der Waals surface area contributed by atoms with E-state index in [1.165, 1.54) is 12.3 Å². The van der Waals surface area contributed by atoms with E-state index in [4.69, 9.17) is 12.2 Å². The van der Waals surface area contributed by atoms with E-state index in [2.05, 4.69) is 14.7 Å². The zero-order chi connectivity index (χ0) is 17.3. The minimum atomic E-state index is -4.50. The van der Waals surface area contributed by atoms with Gasteiger partial charge < -0.3 is 10.2 Å². The van der Waals surface area contributed by atoms with Gasteiger partial charge in [0.15, 0.2) is 0 Å². The lowest BCUT2D eigenvalue weighted by atomic mass is 10.2. The van der Waals surface area contributed by atoms with E-state index in [1.807, 2.05) is 0 Å². The van der Waals surface area contributed by atoms with Crippen LogP contribution in [0.3, 0.4) is 0 Å². The summed E-state index contributed by atoms with van der Waals surface area (Å²) < 4.78 is 54.4. The zero-order valence-electron chi connectivity index (χ0n) is 12.4. The highest BCUT2D eigenvalue weighted by Crippen LogP contribution is 2.29. The van der Waals surface area contributed by atoms with Crippen LogP contribution in [0.1, 0.15) is 23.4 Å². The molecule has 1 aromatic rings. The Hall–Kier alpha value is -1.68.